The summed E-state index contributed by atoms with van der Waals surface area (Å²) in [7, 11) is 3.88. The van der Waals surface area contributed by atoms with Gasteiger partial charge in [0.05, 0.1) is 11.4 Å². The normalized spacial score (nSPS) is 20.8. The molecule has 1 amide bonds. The molecular weight excluding hydrogens is 244 g/mol. The smallest absolute Gasteiger partial charge is 0.237 e. The molecule has 0 radical (unpaired) electrons. The number of amides is 1. The largest absolute Gasteiger partial charge is 0.319 e. The highest BCUT2D eigenvalue weighted by Crippen LogP contribution is 2.49. The third-order valence-electron chi connectivity index (χ3n) is 4.03. The minimum atomic E-state index is 0.191. The van der Waals surface area contributed by atoms with Crippen LogP contribution in [0.5, 0.6) is 0 Å². The van der Waals surface area contributed by atoms with E-state index in [0.29, 0.717) is 11.2 Å². The lowest BCUT2D eigenvalue weighted by molar-refractivity contribution is -0.116. The number of thioether (sulfide) groups is 1. The van der Waals surface area contributed by atoms with Crippen LogP contribution >= 0.6 is 11.8 Å². The lowest BCUT2D eigenvalue weighted by Gasteiger charge is -2.27. The van der Waals surface area contributed by atoms with Gasteiger partial charge in [-0.3, -0.25) is 4.79 Å². The van der Waals surface area contributed by atoms with E-state index in [4.69, 9.17) is 0 Å². The van der Waals surface area contributed by atoms with Crippen molar-refractivity contribution < 1.29 is 4.79 Å². The van der Waals surface area contributed by atoms with Gasteiger partial charge in [-0.15, -0.1) is 11.8 Å². The average molecular weight is 262 g/mol. The van der Waals surface area contributed by atoms with Gasteiger partial charge in [-0.05, 0) is 37.6 Å². The van der Waals surface area contributed by atoms with Gasteiger partial charge >= 0.3 is 0 Å². The number of fused-ring (bicyclic) bond motifs is 1. The Balaban J connectivity index is 1.95. The zero-order valence-corrected chi connectivity index (χ0v) is 11.6. The second-order valence-electron chi connectivity index (χ2n) is 5.23. The van der Waals surface area contributed by atoms with Crippen molar-refractivity contribution in [2.24, 2.45) is 0 Å². The standard InChI is InChI=1S/C14H18N2OS/c1-15-9-14(5-6-14)10-3-4-11-12(7-10)18-8-13(17)16(11)2/h3-4,7,15H,5-6,8-9H2,1-2H3. The number of nitrogens with one attached hydrogen (secondary N) is 1. The lowest BCUT2D eigenvalue weighted by atomic mass is 9.95. The van der Waals surface area contributed by atoms with E-state index in [1.807, 2.05) is 14.1 Å². The molecule has 0 unspecified atom stereocenters. The summed E-state index contributed by atoms with van der Waals surface area (Å²) in [4.78, 5) is 14.7. The molecule has 1 N–H and O–H groups in total. The minimum absolute atomic E-state index is 0.191. The van der Waals surface area contributed by atoms with Gasteiger partial charge < -0.3 is 10.2 Å². The molecule has 1 heterocycles. The third kappa shape index (κ3) is 1.84. The summed E-state index contributed by atoms with van der Waals surface area (Å²) in [5.41, 5.74) is 2.83. The number of carbonyl (C=O) groups is 1. The Morgan fingerprint density at radius 2 is 2.22 bits per heavy atom. The number of hydrogen-bond donors (Lipinski definition) is 1. The molecule has 3 nitrogen and oxygen atoms in total. The van der Waals surface area contributed by atoms with Gasteiger partial charge in [-0.2, -0.15) is 0 Å². The van der Waals surface area contributed by atoms with E-state index in [9.17, 15) is 4.79 Å². The summed E-state index contributed by atoms with van der Waals surface area (Å²) in [5, 5.41) is 3.29. The Morgan fingerprint density at radius 3 is 2.89 bits per heavy atom. The van der Waals surface area contributed by atoms with Crippen LogP contribution in [0.4, 0.5) is 5.69 Å². The quantitative estimate of drug-likeness (QED) is 0.904. The number of carbonyl (C=O) groups excluding carboxylic acids is 1. The number of rotatable bonds is 3. The molecule has 1 aliphatic carbocycles. The molecule has 1 saturated carbocycles. The molecule has 0 aromatic heterocycles. The van der Waals surface area contributed by atoms with E-state index in [1.165, 1.54) is 23.3 Å². The first-order chi connectivity index (χ1) is 8.66. The van der Waals surface area contributed by atoms with Gasteiger partial charge in [-0.1, -0.05) is 6.07 Å². The van der Waals surface area contributed by atoms with E-state index < -0.39 is 0 Å². The molecule has 4 heteroatoms. The van der Waals surface area contributed by atoms with Gasteiger partial charge in [0, 0.05) is 23.9 Å². The fourth-order valence-corrected chi connectivity index (χ4v) is 3.70. The Kier molecular flexibility index (Phi) is 2.87. The molecule has 96 valence electrons. The summed E-state index contributed by atoms with van der Waals surface area (Å²) in [5.74, 6) is 0.753. The highest BCUT2D eigenvalue weighted by atomic mass is 32.2. The van der Waals surface area contributed by atoms with E-state index in [2.05, 4.69) is 23.5 Å². The molecule has 0 spiro atoms. The molecule has 1 fully saturated rings. The van der Waals surface area contributed by atoms with Crippen molar-refractivity contribution in [3.8, 4) is 0 Å². The van der Waals surface area contributed by atoms with Crippen LogP contribution in [0.3, 0.4) is 0 Å². The number of nitrogens with zero attached hydrogens (tertiary/aromatic N) is 1. The van der Waals surface area contributed by atoms with Crippen molar-refractivity contribution in [2.75, 3.05) is 31.3 Å². The van der Waals surface area contributed by atoms with Crippen LogP contribution in [0.25, 0.3) is 0 Å². The van der Waals surface area contributed by atoms with Crippen LogP contribution in [0, 0.1) is 0 Å². The Hall–Kier alpha value is -1.00. The monoisotopic (exact) mass is 262 g/mol. The molecular formula is C14H18N2OS. The molecule has 1 aromatic rings. The van der Waals surface area contributed by atoms with Crippen LogP contribution < -0.4 is 10.2 Å². The minimum Gasteiger partial charge on any atom is -0.319 e. The van der Waals surface area contributed by atoms with Crippen molar-refractivity contribution in [3.63, 3.8) is 0 Å². The second kappa shape index (κ2) is 4.28. The SMILES string of the molecule is CNCC1(c2ccc3c(c2)SCC(=O)N3C)CC1. The number of anilines is 1. The highest BCUT2D eigenvalue weighted by Gasteiger charge is 2.43. The molecule has 18 heavy (non-hydrogen) atoms. The summed E-state index contributed by atoms with van der Waals surface area (Å²) in [6, 6.07) is 6.58. The van der Waals surface area contributed by atoms with Gasteiger partial charge in [0.25, 0.3) is 0 Å². The fraction of sp³-hybridized carbons (Fsp3) is 0.500. The summed E-state index contributed by atoms with van der Waals surface area (Å²) >= 11 is 1.67. The average Bonchev–Trinajstić information content (AvgIpc) is 3.15. The first kappa shape index (κ1) is 12.1. The van der Waals surface area contributed by atoms with Gasteiger partial charge in [0.15, 0.2) is 0 Å². The number of likely N-dealkylation sites (N-methyl/N-ethyl adjacent to an activating group) is 1. The summed E-state index contributed by atoms with van der Waals surface area (Å²) in [6.07, 6.45) is 2.54. The lowest BCUT2D eigenvalue weighted by Crippen LogP contribution is -2.31. The molecule has 0 saturated heterocycles. The van der Waals surface area contributed by atoms with E-state index in [-0.39, 0.29) is 5.91 Å². The van der Waals surface area contributed by atoms with E-state index in [0.717, 1.165) is 12.2 Å². The predicted molar refractivity (Wildman–Crippen MR) is 75.4 cm³/mol. The van der Waals surface area contributed by atoms with Gasteiger partial charge in [0.2, 0.25) is 5.91 Å². The van der Waals surface area contributed by atoms with E-state index >= 15 is 0 Å². The molecule has 1 aliphatic heterocycles. The van der Waals surface area contributed by atoms with Gasteiger partial charge in [0.1, 0.15) is 0 Å². The van der Waals surface area contributed by atoms with Crippen molar-refractivity contribution in [2.45, 2.75) is 23.2 Å². The Labute approximate surface area is 112 Å². The fourth-order valence-electron chi connectivity index (χ4n) is 2.66. The van der Waals surface area contributed by atoms with Crippen molar-refractivity contribution in [1.29, 1.82) is 0 Å². The van der Waals surface area contributed by atoms with Crippen LogP contribution in [-0.2, 0) is 10.2 Å². The molecule has 1 aromatic carbocycles. The zero-order valence-electron chi connectivity index (χ0n) is 10.8. The maximum absolute atomic E-state index is 11.6. The first-order valence-corrected chi connectivity index (χ1v) is 7.33. The highest BCUT2D eigenvalue weighted by molar-refractivity contribution is 8.00. The molecule has 0 bridgehead atoms. The second-order valence-corrected chi connectivity index (χ2v) is 6.25. The van der Waals surface area contributed by atoms with Crippen LogP contribution in [-0.4, -0.2) is 32.3 Å². The molecule has 2 aliphatic rings. The Bertz CT molecular complexity index is 497. The maximum Gasteiger partial charge on any atom is 0.237 e. The topological polar surface area (TPSA) is 32.3 Å². The summed E-state index contributed by atoms with van der Waals surface area (Å²) in [6.45, 7) is 1.05. The van der Waals surface area contributed by atoms with Crippen LogP contribution in [0.15, 0.2) is 23.1 Å². The number of hydrogen-bond acceptors (Lipinski definition) is 3. The van der Waals surface area contributed by atoms with Crippen LogP contribution in [0.2, 0.25) is 0 Å². The van der Waals surface area contributed by atoms with E-state index in [1.54, 1.807) is 16.7 Å². The third-order valence-corrected chi connectivity index (χ3v) is 5.06. The van der Waals surface area contributed by atoms with Crippen molar-refractivity contribution >= 4 is 23.4 Å². The number of benzene rings is 1. The van der Waals surface area contributed by atoms with Crippen LogP contribution in [0.1, 0.15) is 18.4 Å². The maximum atomic E-state index is 11.6. The summed E-state index contributed by atoms with van der Waals surface area (Å²) < 4.78 is 0. The predicted octanol–water partition coefficient (Wildman–Crippen LogP) is 2.01. The van der Waals surface area contributed by atoms with Crippen molar-refractivity contribution in [3.05, 3.63) is 23.8 Å². The van der Waals surface area contributed by atoms with Crippen molar-refractivity contribution in [1.82, 2.24) is 5.32 Å². The first-order valence-electron chi connectivity index (χ1n) is 6.35. The molecule has 3 rings (SSSR count). The Morgan fingerprint density at radius 1 is 1.44 bits per heavy atom. The molecule has 0 atom stereocenters. The zero-order chi connectivity index (χ0) is 12.8. The van der Waals surface area contributed by atoms with Gasteiger partial charge in [-0.25, -0.2) is 0 Å².